The fourth-order valence-corrected chi connectivity index (χ4v) is 4.39. The van der Waals surface area contributed by atoms with Crippen molar-refractivity contribution in [2.45, 2.75) is 71.1 Å². The molecule has 3 atom stereocenters. The lowest BCUT2D eigenvalue weighted by Crippen LogP contribution is -2.47. The molecule has 0 aromatic carbocycles. The number of nitrogens with one attached hydrogen (secondary N) is 1. The summed E-state index contributed by atoms with van der Waals surface area (Å²) in [6.07, 6.45) is 4.74. The van der Waals surface area contributed by atoms with E-state index in [-0.39, 0.29) is 12.1 Å². The van der Waals surface area contributed by atoms with Gasteiger partial charge in [0.15, 0.2) is 0 Å². The van der Waals surface area contributed by atoms with Gasteiger partial charge in [-0.15, -0.1) is 11.3 Å². The summed E-state index contributed by atoms with van der Waals surface area (Å²) < 4.78 is 0. The molecule has 1 saturated carbocycles. The molecular weight excluding hydrogens is 280 g/mol. The monoisotopic (exact) mass is 306 g/mol. The molecule has 4 heteroatoms. The SMILES string of the molecule is CCC1(C)NC(c2ccc(C)s2)N(C(C)C2CCC2)C1=O. The second-order valence-electron chi connectivity index (χ2n) is 6.82. The highest BCUT2D eigenvalue weighted by molar-refractivity contribution is 7.12. The number of rotatable bonds is 4. The number of aryl methyl sites for hydroxylation is 1. The van der Waals surface area contributed by atoms with Crippen LogP contribution in [0.25, 0.3) is 0 Å². The molecular formula is C17H26N2OS. The van der Waals surface area contributed by atoms with Gasteiger partial charge in [-0.25, -0.2) is 0 Å². The predicted octanol–water partition coefficient (Wildman–Crippen LogP) is 3.84. The van der Waals surface area contributed by atoms with Gasteiger partial charge in [-0.1, -0.05) is 13.3 Å². The van der Waals surface area contributed by atoms with Crippen LogP contribution in [0.3, 0.4) is 0 Å². The van der Waals surface area contributed by atoms with E-state index in [4.69, 9.17) is 0 Å². The largest absolute Gasteiger partial charge is 0.317 e. The smallest absolute Gasteiger partial charge is 0.244 e. The Morgan fingerprint density at radius 1 is 1.48 bits per heavy atom. The van der Waals surface area contributed by atoms with E-state index < -0.39 is 5.54 Å². The average Bonchev–Trinajstić information content (AvgIpc) is 2.91. The van der Waals surface area contributed by atoms with Gasteiger partial charge < -0.3 is 4.90 Å². The van der Waals surface area contributed by atoms with Crippen LogP contribution >= 0.6 is 11.3 Å². The number of carbonyl (C=O) groups is 1. The van der Waals surface area contributed by atoms with E-state index in [9.17, 15) is 4.79 Å². The van der Waals surface area contributed by atoms with Crippen molar-refractivity contribution in [1.29, 1.82) is 0 Å². The summed E-state index contributed by atoms with van der Waals surface area (Å²) in [7, 11) is 0. The second kappa shape index (κ2) is 5.40. The summed E-state index contributed by atoms with van der Waals surface area (Å²) in [6.45, 7) is 8.51. The van der Waals surface area contributed by atoms with Crippen molar-refractivity contribution in [3.8, 4) is 0 Å². The number of nitrogens with zero attached hydrogens (tertiary/aromatic N) is 1. The van der Waals surface area contributed by atoms with Crippen molar-refractivity contribution in [3.05, 3.63) is 21.9 Å². The van der Waals surface area contributed by atoms with Gasteiger partial charge in [-0.05, 0) is 58.1 Å². The Labute approximate surface area is 131 Å². The van der Waals surface area contributed by atoms with Gasteiger partial charge in [0.25, 0.3) is 0 Å². The van der Waals surface area contributed by atoms with Crippen molar-refractivity contribution in [3.63, 3.8) is 0 Å². The fourth-order valence-electron chi connectivity index (χ4n) is 3.47. The third-order valence-electron chi connectivity index (χ3n) is 5.45. The highest BCUT2D eigenvalue weighted by Crippen LogP contribution is 2.41. The Bertz CT molecular complexity index is 537. The van der Waals surface area contributed by atoms with Crippen LogP contribution in [0.1, 0.15) is 62.4 Å². The lowest BCUT2D eigenvalue weighted by molar-refractivity contribution is -0.136. The highest BCUT2D eigenvalue weighted by Gasteiger charge is 2.50. The summed E-state index contributed by atoms with van der Waals surface area (Å²) in [5, 5.41) is 3.62. The van der Waals surface area contributed by atoms with Crippen LogP contribution in [-0.4, -0.2) is 22.4 Å². The molecule has 1 aromatic rings. The first-order valence-electron chi connectivity index (χ1n) is 8.13. The molecule has 3 unspecified atom stereocenters. The van der Waals surface area contributed by atoms with Crippen LogP contribution in [-0.2, 0) is 4.79 Å². The van der Waals surface area contributed by atoms with Crippen LogP contribution in [0.15, 0.2) is 12.1 Å². The van der Waals surface area contributed by atoms with Crippen molar-refractivity contribution in [2.75, 3.05) is 0 Å². The Kier molecular flexibility index (Phi) is 3.87. The molecule has 21 heavy (non-hydrogen) atoms. The zero-order chi connectivity index (χ0) is 15.2. The van der Waals surface area contributed by atoms with Crippen LogP contribution in [0.2, 0.25) is 0 Å². The number of carbonyl (C=O) groups excluding carboxylic acids is 1. The van der Waals surface area contributed by atoms with E-state index in [0.29, 0.717) is 12.0 Å². The molecule has 1 aliphatic heterocycles. The number of hydrogen-bond acceptors (Lipinski definition) is 3. The van der Waals surface area contributed by atoms with E-state index in [1.807, 2.05) is 0 Å². The van der Waals surface area contributed by atoms with Gasteiger partial charge in [-0.2, -0.15) is 0 Å². The Hall–Kier alpha value is -0.870. The maximum absolute atomic E-state index is 13.0. The molecule has 1 aliphatic carbocycles. The van der Waals surface area contributed by atoms with Crippen LogP contribution < -0.4 is 5.32 Å². The summed E-state index contributed by atoms with van der Waals surface area (Å²) >= 11 is 1.80. The normalized spacial score (nSPS) is 31.5. The molecule has 3 rings (SSSR count). The van der Waals surface area contributed by atoms with Crippen molar-refractivity contribution in [1.82, 2.24) is 10.2 Å². The van der Waals surface area contributed by atoms with Gasteiger partial charge in [0, 0.05) is 15.8 Å². The molecule has 0 spiro atoms. The third-order valence-corrected chi connectivity index (χ3v) is 6.50. The molecule has 2 fully saturated rings. The summed E-state index contributed by atoms with van der Waals surface area (Å²) in [5.41, 5.74) is -0.416. The minimum atomic E-state index is -0.416. The van der Waals surface area contributed by atoms with Crippen LogP contribution in [0, 0.1) is 12.8 Å². The van der Waals surface area contributed by atoms with E-state index in [2.05, 4.69) is 50.0 Å². The summed E-state index contributed by atoms with van der Waals surface area (Å²) in [6, 6.07) is 4.66. The Morgan fingerprint density at radius 2 is 2.19 bits per heavy atom. The van der Waals surface area contributed by atoms with Crippen LogP contribution in [0.5, 0.6) is 0 Å². The van der Waals surface area contributed by atoms with E-state index in [1.165, 1.54) is 29.0 Å². The average molecular weight is 306 g/mol. The summed E-state index contributed by atoms with van der Waals surface area (Å²) in [4.78, 5) is 17.7. The quantitative estimate of drug-likeness (QED) is 0.916. The molecule has 1 amide bonds. The fraction of sp³-hybridized carbons (Fsp3) is 0.706. The molecule has 1 N–H and O–H groups in total. The maximum atomic E-state index is 13.0. The molecule has 3 nitrogen and oxygen atoms in total. The zero-order valence-corrected chi connectivity index (χ0v) is 14.3. The summed E-state index contributed by atoms with van der Waals surface area (Å²) in [5.74, 6) is 0.957. The van der Waals surface area contributed by atoms with Crippen molar-refractivity contribution < 1.29 is 4.79 Å². The lowest BCUT2D eigenvalue weighted by atomic mass is 9.79. The first kappa shape index (κ1) is 15.0. The van der Waals surface area contributed by atoms with E-state index in [1.54, 1.807) is 11.3 Å². The Balaban J connectivity index is 1.93. The first-order chi connectivity index (χ1) is 9.96. The molecule has 1 aromatic heterocycles. The molecule has 2 aliphatic rings. The van der Waals surface area contributed by atoms with Crippen LogP contribution in [0.4, 0.5) is 0 Å². The van der Waals surface area contributed by atoms with Gasteiger partial charge >= 0.3 is 0 Å². The standard InChI is InChI=1S/C17H26N2OS/c1-5-17(4)16(20)19(12(3)13-7-6-8-13)15(18-17)14-10-9-11(2)21-14/h9-10,12-13,15,18H,5-8H2,1-4H3. The molecule has 0 radical (unpaired) electrons. The second-order valence-corrected chi connectivity index (χ2v) is 8.14. The molecule has 1 saturated heterocycles. The van der Waals surface area contributed by atoms with Crippen molar-refractivity contribution >= 4 is 17.2 Å². The van der Waals surface area contributed by atoms with Gasteiger partial charge in [0.2, 0.25) is 5.91 Å². The zero-order valence-electron chi connectivity index (χ0n) is 13.5. The van der Waals surface area contributed by atoms with E-state index >= 15 is 0 Å². The van der Waals surface area contributed by atoms with Crippen molar-refractivity contribution in [2.24, 2.45) is 5.92 Å². The number of amides is 1. The molecule has 116 valence electrons. The molecule has 0 bridgehead atoms. The minimum absolute atomic E-state index is 0.0525. The maximum Gasteiger partial charge on any atom is 0.244 e. The number of hydrogen-bond donors (Lipinski definition) is 1. The van der Waals surface area contributed by atoms with Gasteiger partial charge in [0.1, 0.15) is 6.17 Å². The van der Waals surface area contributed by atoms with E-state index in [0.717, 1.165) is 6.42 Å². The lowest BCUT2D eigenvalue weighted by Gasteiger charge is -2.39. The topological polar surface area (TPSA) is 32.3 Å². The highest BCUT2D eigenvalue weighted by atomic mass is 32.1. The van der Waals surface area contributed by atoms with Gasteiger partial charge in [-0.3, -0.25) is 10.1 Å². The molecule has 2 heterocycles. The predicted molar refractivity (Wildman–Crippen MR) is 87.3 cm³/mol. The third kappa shape index (κ3) is 2.42. The minimum Gasteiger partial charge on any atom is -0.317 e. The number of thiophene rings is 1. The Morgan fingerprint density at radius 3 is 2.67 bits per heavy atom. The van der Waals surface area contributed by atoms with Gasteiger partial charge in [0.05, 0.1) is 5.54 Å². The first-order valence-corrected chi connectivity index (χ1v) is 8.94.